The highest BCUT2D eigenvalue weighted by Gasteiger charge is 1.94. The number of amidine groups is 1. The quantitative estimate of drug-likeness (QED) is 0.513. The molecule has 21 heavy (non-hydrogen) atoms. The lowest BCUT2D eigenvalue weighted by atomic mass is 10.2. The third kappa shape index (κ3) is 5.14. The zero-order valence-corrected chi connectivity index (χ0v) is 11.4. The van der Waals surface area contributed by atoms with Gasteiger partial charge >= 0.3 is 0 Å². The van der Waals surface area contributed by atoms with E-state index in [1.54, 1.807) is 12.1 Å². The first-order valence-electron chi connectivity index (χ1n) is 6.37. The second-order valence-electron chi connectivity index (χ2n) is 4.20. The third-order valence-corrected chi connectivity index (χ3v) is 2.50. The molecule has 2 rings (SSSR count). The maximum atomic E-state index is 7.08. The van der Waals surface area contributed by atoms with Crippen molar-refractivity contribution in [1.82, 2.24) is 0 Å². The number of hydrogen-bond acceptors (Lipinski definition) is 2. The van der Waals surface area contributed by atoms with Crippen molar-refractivity contribution in [3.63, 3.8) is 0 Å². The van der Waals surface area contributed by atoms with Gasteiger partial charge in [0.25, 0.3) is 0 Å². The molecule has 0 aliphatic carbocycles. The highest BCUT2D eigenvalue weighted by atomic mass is 16.5. The molecule has 0 heterocycles. The maximum absolute atomic E-state index is 7.08. The number of nitrogens with one attached hydrogen (secondary N) is 1. The monoisotopic (exact) mass is 274 g/mol. The lowest BCUT2D eigenvalue weighted by Crippen LogP contribution is -2.19. The van der Waals surface area contributed by atoms with E-state index in [4.69, 9.17) is 15.9 Å². The smallest absolute Gasteiger partial charge is 0.145 e. The number of ether oxygens (including phenoxy) is 1. The average Bonchev–Trinajstić information content (AvgIpc) is 2.52. The SMILES string of the molecule is N=C(N)COc1ccc(C#CC#Cc2ccccc2)cc1. The van der Waals surface area contributed by atoms with Crippen molar-refractivity contribution in [2.45, 2.75) is 0 Å². The Hall–Kier alpha value is -3.17. The van der Waals surface area contributed by atoms with Crippen molar-refractivity contribution in [2.24, 2.45) is 5.73 Å². The molecule has 0 atom stereocenters. The molecule has 0 aliphatic rings. The molecular weight excluding hydrogens is 260 g/mol. The number of nitrogens with two attached hydrogens (primary N) is 1. The van der Waals surface area contributed by atoms with E-state index in [9.17, 15) is 0 Å². The van der Waals surface area contributed by atoms with Crippen molar-refractivity contribution in [3.8, 4) is 29.4 Å². The minimum Gasteiger partial charge on any atom is -0.486 e. The molecule has 0 unspecified atom stereocenters. The summed E-state index contributed by atoms with van der Waals surface area (Å²) in [5.74, 6) is 12.2. The molecule has 0 spiro atoms. The van der Waals surface area contributed by atoms with E-state index in [1.165, 1.54) is 0 Å². The Labute approximate surface area is 124 Å². The number of hydrogen-bond donors (Lipinski definition) is 2. The van der Waals surface area contributed by atoms with E-state index in [-0.39, 0.29) is 12.4 Å². The Morgan fingerprint density at radius 3 is 2.05 bits per heavy atom. The predicted octanol–water partition coefficient (Wildman–Crippen LogP) is 2.40. The van der Waals surface area contributed by atoms with Crippen LogP contribution in [-0.2, 0) is 0 Å². The summed E-state index contributed by atoms with van der Waals surface area (Å²) < 4.78 is 5.28. The molecule has 3 nitrogen and oxygen atoms in total. The summed E-state index contributed by atoms with van der Waals surface area (Å²) >= 11 is 0. The van der Waals surface area contributed by atoms with Crippen molar-refractivity contribution >= 4 is 5.84 Å². The Kier molecular flexibility index (Phi) is 5.04. The van der Waals surface area contributed by atoms with Gasteiger partial charge in [-0.15, -0.1) is 0 Å². The van der Waals surface area contributed by atoms with Crippen LogP contribution < -0.4 is 10.5 Å². The molecule has 0 bridgehead atoms. The van der Waals surface area contributed by atoms with Gasteiger partial charge in [0.15, 0.2) is 0 Å². The van der Waals surface area contributed by atoms with E-state index in [0.717, 1.165) is 11.1 Å². The molecule has 3 N–H and O–H groups in total. The van der Waals surface area contributed by atoms with Crippen LogP contribution in [0.5, 0.6) is 5.75 Å². The summed E-state index contributed by atoms with van der Waals surface area (Å²) in [4.78, 5) is 0. The zero-order valence-electron chi connectivity index (χ0n) is 11.4. The van der Waals surface area contributed by atoms with E-state index >= 15 is 0 Å². The number of rotatable bonds is 3. The summed E-state index contributed by atoms with van der Waals surface area (Å²) in [6.45, 7) is 0.0908. The van der Waals surface area contributed by atoms with Crippen LogP contribution in [0.4, 0.5) is 0 Å². The van der Waals surface area contributed by atoms with Gasteiger partial charge in [-0.1, -0.05) is 30.0 Å². The molecule has 0 aromatic heterocycles. The molecule has 0 saturated heterocycles. The van der Waals surface area contributed by atoms with Crippen LogP contribution in [0.15, 0.2) is 54.6 Å². The van der Waals surface area contributed by atoms with Crippen molar-refractivity contribution < 1.29 is 4.74 Å². The summed E-state index contributed by atoms with van der Waals surface area (Å²) in [5, 5.41) is 7.08. The minimum absolute atomic E-state index is 0.00458. The molecule has 0 fully saturated rings. The fourth-order valence-corrected chi connectivity index (χ4v) is 1.52. The molecule has 102 valence electrons. The molecule has 0 aliphatic heterocycles. The van der Waals surface area contributed by atoms with Crippen molar-refractivity contribution in [3.05, 3.63) is 65.7 Å². The Morgan fingerprint density at radius 2 is 1.48 bits per heavy atom. The molecule has 0 radical (unpaired) electrons. The van der Waals surface area contributed by atoms with Crippen LogP contribution in [0.3, 0.4) is 0 Å². The molecular formula is C18H14N2O. The normalized spacial score (nSPS) is 8.76. The highest BCUT2D eigenvalue weighted by Crippen LogP contribution is 2.11. The second-order valence-corrected chi connectivity index (χ2v) is 4.20. The van der Waals surface area contributed by atoms with E-state index in [0.29, 0.717) is 5.75 Å². The standard InChI is InChI=1S/C18H14N2O/c19-18(20)14-21-17-12-10-16(11-13-17)9-5-4-8-15-6-2-1-3-7-15/h1-3,6-7,10-13H,14H2,(H3,19,20). The first-order chi connectivity index (χ1) is 10.2. The van der Waals surface area contributed by atoms with Crippen LogP contribution in [0, 0.1) is 29.1 Å². The summed E-state index contributed by atoms with van der Waals surface area (Å²) in [7, 11) is 0. The topological polar surface area (TPSA) is 59.1 Å². The van der Waals surface area contributed by atoms with Gasteiger partial charge in [0.1, 0.15) is 18.2 Å². The molecule has 0 amide bonds. The van der Waals surface area contributed by atoms with Gasteiger partial charge in [-0.25, -0.2) is 0 Å². The van der Waals surface area contributed by atoms with Gasteiger partial charge in [0, 0.05) is 11.1 Å². The van der Waals surface area contributed by atoms with E-state index < -0.39 is 0 Å². The molecule has 2 aromatic carbocycles. The van der Waals surface area contributed by atoms with Crippen LogP contribution in [0.2, 0.25) is 0 Å². The lowest BCUT2D eigenvalue weighted by Gasteiger charge is -2.03. The zero-order chi connectivity index (χ0) is 14.9. The lowest BCUT2D eigenvalue weighted by molar-refractivity contribution is 0.374. The van der Waals surface area contributed by atoms with Crippen LogP contribution in [0.1, 0.15) is 11.1 Å². The summed E-state index contributed by atoms with van der Waals surface area (Å²) in [6, 6.07) is 17.0. The first kappa shape index (κ1) is 14.2. The van der Waals surface area contributed by atoms with Crippen molar-refractivity contribution in [2.75, 3.05) is 6.61 Å². The minimum atomic E-state index is -0.00458. The van der Waals surface area contributed by atoms with Gasteiger partial charge in [-0.05, 0) is 48.2 Å². The van der Waals surface area contributed by atoms with Gasteiger partial charge in [-0.3, -0.25) is 5.41 Å². The molecule has 0 saturated carbocycles. The van der Waals surface area contributed by atoms with Crippen LogP contribution in [-0.4, -0.2) is 12.4 Å². The van der Waals surface area contributed by atoms with Crippen LogP contribution >= 0.6 is 0 Å². The van der Waals surface area contributed by atoms with Crippen LogP contribution in [0.25, 0.3) is 0 Å². The van der Waals surface area contributed by atoms with Gasteiger partial charge in [0.2, 0.25) is 0 Å². The highest BCUT2D eigenvalue weighted by molar-refractivity contribution is 5.78. The first-order valence-corrected chi connectivity index (χ1v) is 6.37. The maximum Gasteiger partial charge on any atom is 0.145 e. The third-order valence-electron chi connectivity index (χ3n) is 2.50. The Morgan fingerprint density at radius 1 is 0.905 bits per heavy atom. The predicted molar refractivity (Wildman–Crippen MR) is 84.0 cm³/mol. The summed E-state index contributed by atoms with van der Waals surface area (Å²) in [6.07, 6.45) is 0. The molecule has 2 aromatic rings. The Bertz CT molecular complexity index is 726. The summed E-state index contributed by atoms with van der Waals surface area (Å²) in [5.41, 5.74) is 7.02. The van der Waals surface area contributed by atoms with Gasteiger partial charge in [-0.2, -0.15) is 0 Å². The van der Waals surface area contributed by atoms with Gasteiger partial charge in [0.05, 0.1) is 0 Å². The van der Waals surface area contributed by atoms with Gasteiger partial charge < -0.3 is 10.5 Å². The number of benzene rings is 2. The Balaban J connectivity index is 1.97. The van der Waals surface area contributed by atoms with E-state index in [2.05, 4.69) is 23.7 Å². The fourth-order valence-electron chi connectivity index (χ4n) is 1.52. The fraction of sp³-hybridized carbons (Fsp3) is 0.0556. The van der Waals surface area contributed by atoms with Crippen molar-refractivity contribution in [1.29, 1.82) is 5.41 Å². The molecule has 3 heteroatoms. The second kappa shape index (κ2) is 7.43. The largest absolute Gasteiger partial charge is 0.486 e. The average molecular weight is 274 g/mol. The van der Waals surface area contributed by atoms with E-state index in [1.807, 2.05) is 42.5 Å².